The van der Waals surface area contributed by atoms with Crippen molar-refractivity contribution in [2.75, 3.05) is 17.7 Å². The van der Waals surface area contributed by atoms with E-state index in [0.29, 0.717) is 12.5 Å². The zero-order chi connectivity index (χ0) is 15.7. The van der Waals surface area contributed by atoms with Crippen molar-refractivity contribution in [2.24, 2.45) is 0 Å². The minimum atomic E-state index is -4.69. The lowest BCUT2D eigenvalue weighted by Crippen LogP contribution is -2.30. The van der Waals surface area contributed by atoms with Crippen LogP contribution >= 0.6 is 0 Å². The summed E-state index contributed by atoms with van der Waals surface area (Å²) in [5.41, 5.74) is 3.24. The van der Waals surface area contributed by atoms with Crippen molar-refractivity contribution in [3.05, 3.63) is 27.8 Å². The SMILES string of the molecule is CCC(C)N(C)c1cc(N)c([N+](=O)[O-])cc1C(F)(F)F. The third-order valence-corrected chi connectivity index (χ3v) is 3.28. The fourth-order valence-corrected chi connectivity index (χ4v) is 1.78. The molecule has 0 spiro atoms. The van der Waals surface area contributed by atoms with Gasteiger partial charge in [-0.25, -0.2) is 0 Å². The van der Waals surface area contributed by atoms with E-state index in [0.717, 1.165) is 6.07 Å². The lowest BCUT2D eigenvalue weighted by Gasteiger charge is -2.29. The van der Waals surface area contributed by atoms with Gasteiger partial charge in [0.15, 0.2) is 0 Å². The highest BCUT2D eigenvalue weighted by molar-refractivity contribution is 5.71. The summed E-state index contributed by atoms with van der Waals surface area (Å²) >= 11 is 0. The van der Waals surface area contributed by atoms with Gasteiger partial charge in [0.05, 0.1) is 16.2 Å². The molecular formula is C12H16F3N3O2. The Morgan fingerprint density at radius 2 is 2.00 bits per heavy atom. The lowest BCUT2D eigenvalue weighted by molar-refractivity contribution is -0.384. The second kappa shape index (κ2) is 5.56. The molecule has 0 aliphatic carbocycles. The first-order valence-corrected chi connectivity index (χ1v) is 5.97. The molecule has 0 heterocycles. The van der Waals surface area contributed by atoms with Gasteiger partial charge in [0, 0.05) is 19.2 Å². The van der Waals surface area contributed by atoms with Crippen LogP contribution in [0.5, 0.6) is 0 Å². The molecule has 20 heavy (non-hydrogen) atoms. The number of hydrogen-bond acceptors (Lipinski definition) is 4. The largest absolute Gasteiger partial charge is 0.418 e. The van der Waals surface area contributed by atoms with Crippen LogP contribution in [-0.4, -0.2) is 18.0 Å². The van der Waals surface area contributed by atoms with Crippen LogP contribution in [-0.2, 0) is 6.18 Å². The summed E-state index contributed by atoms with van der Waals surface area (Å²) in [6, 6.07) is 1.34. The van der Waals surface area contributed by atoms with E-state index >= 15 is 0 Å². The minimum Gasteiger partial charge on any atom is -0.393 e. The van der Waals surface area contributed by atoms with Crippen molar-refractivity contribution >= 4 is 17.1 Å². The summed E-state index contributed by atoms with van der Waals surface area (Å²) in [5, 5.41) is 10.7. The van der Waals surface area contributed by atoms with Crippen LogP contribution in [0.4, 0.5) is 30.2 Å². The number of nitrogens with zero attached hydrogens (tertiary/aromatic N) is 2. The molecule has 0 aromatic heterocycles. The molecular weight excluding hydrogens is 275 g/mol. The number of benzene rings is 1. The molecule has 0 radical (unpaired) electrons. The first kappa shape index (κ1) is 16.1. The summed E-state index contributed by atoms with van der Waals surface area (Å²) in [5.74, 6) is 0. The number of alkyl halides is 3. The topological polar surface area (TPSA) is 72.4 Å². The number of nitro benzene ring substituents is 1. The maximum Gasteiger partial charge on any atom is 0.418 e. The molecule has 0 fully saturated rings. The number of hydrogen-bond donors (Lipinski definition) is 1. The molecule has 0 aliphatic rings. The van der Waals surface area contributed by atoms with Crippen LogP contribution in [0.25, 0.3) is 0 Å². The Morgan fingerprint density at radius 3 is 2.40 bits per heavy atom. The normalized spacial score (nSPS) is 13.1. The van der Waals surface area contributed by atoms with Crippen LogP contribution in [0.3, 0.4) is 0 Å². The fraction of sp³-hybridized carbons (Fsp3) is 0.500. The molecule has 1 aromatic rings. The Balaban J connectivity index is 3.51. The molecule has 0 amide bonds. The smallest absolute Gasteiger partial charge is 0.393 e. The minimum absolute atomic E-state index is 0.156. The first-order chi connectivity index (χ1) is 9.09. The highest BCUT2D eigenvalue weighted by Crippen LogP contribution is 2.41. The van der Waals surface area contributed by atoms with Crippen LogP contribution < -0.4 is 10.6 Å². The molecule has 0 saturated heterocycles. The van der Waals surface area contributed by atoms with Crippen molar-refractivity contribution in [3.63, 3.8) is 0 Å². The van der Waals surface area contributed by atoms with E-state index in [-0.39, 0.29) is 17.4 Å². The highest BCUT2D eigenvalue weighted by Gasteiger charge is 2.37. The maximum absolute atomic E-state index is 13.1. The Labute approximate surface area is 114 Å². The van der Waals surface area contributed by atoms with Gasteiger partial charge < -0.3 is 10.6 Å². The number of nitro groups is 1. The van der Waals surface area contributed by atoms with Gasteiger partial charge in [-0.05, 0) is 19.4 Å². The van der Waals surface area contributed by atoms with E-state index in [1.165, 1.54) is 11.9 Å². The standard InChI is InChI=1S/C12H16F3N3O2/c1-4-7(2)17(3)10-6-9(16)11(18(19)20)5-8(10)12(13,14)15/h5-7H,4,16H2,1-3H3. The predicted octanol–water partition coefficient (Wildman–Crippen LogP) is 3.43. The van der Waals surface area contributed by atoms with Gasteiger partial charge in [-0.3, -0.25) is 10.1 Å². The number of nitrogens with two attached hydrogens (primary N) is 1. The molecule has 1 unspecified atom stereocenters. The van der Waals surface area contributed by atoms with E-state index in [2.05, 4.69) is 0 Å². The van der Waals surface area contributed by atoms with Gasteiger partial charge in [-0.15, -0.1) is 0 Å². The van der Waals surface area contributed by atoms with E-state index in [9.17, 15) is 23.3 Å². The zero-order valence-corrected chi connectivity index (χ0v) is 11.4. The van der Waals surface area contributed by atoms with Gasteiger partial charge in [0.1, 0.15) is 5.69 Å². The van der Waals surface area contributed by atoms with E-state index in [4.69, 9.17) is 5.73 Å². The van der Waals surface area contributed by atoms with E-state index in [1.807, 2.05) is 6.92 Å². The summed E-state index contributed by atoms with van der Waals surface area (Å²) in [6.45, 7) is 3.60. The third kappa shape index (κ3) is 3.12. The van der Waals surface area contributed by atoms with Gasteiger partial charge in [0.2, 0.25) is 0 Å². The molecule has 0 aliphatic heterocycles. The summed E-state index contributed by atoms with van der Waals surface area (Å²) in [6.07, 6.45) is -4.06. The van der Waals surface area contributed by atoms with Crippen molar-refractivity contribution in [2.45, 2.75) is 32.5 Å². The lowest BCUT2D eigenvalue weighted by atomic mass is 10.1. The van der Waals surface area contributed by atoms with Gasteiger partial charge in [0.25, 0.3) is 5.69 Å². The zero-order valence-electron chi connectivity index (χ0n) is 11.4. The van der Waals surface area contributed by atoms with Crippen LogP contribution in [0.1, 0.15) is 25.8 Å². The molecule has 1 aromatic carbocycles. The fourth-order valence-electron chi connectivity index (χ4n) is 1.78. The maximum atomic E-state index is 13.1. The molecule has 112 valence electrons. The highest BCUT2D eigenvalue weighted by atomic mass is 19.4. The Morgan fingerprint density at radius 1 is 1.45 bits per heavy atom. The average Bonchev–Trinajstić information content (AvgIpc) is 2.34. The summed E-state index contributed by atoms with van der Waals surface area (Å²) in [4.78, 5) is 11.2. The van der Waals surface area contributed by atoms with Crippen LogP contribution in [0.15, 0.2) is 12.1 Å². The van der Waals surface area contributed by atoms with Crippen LogP contribution in [0.2, 0.25) is 0 Å². The molecule has 1 rings (SSSR count). The molecule has 2 N–H and O–H groups in total. The molecule has 5 nitrogen and oxygen atoms in total. The average molecular weight is 291 g/mol. The monoisotopic (exact) mass is 291 g/mol. The molecule has 0 saturated carbocycles. The molecule has 0 bridgehead atoms. The number of rotatable bonds is 4. The molecule has 1 atom stereocenters. The van der Waals surface area contributed by atoms with E-state index < -0.39 is 22.4 Å². The van der Waals surface area contributed by atoms with Crippen molar-refractivity contribution < 1.29 is 18.1 Å². The van der Waals surface area contributed by atoms with Gasteiger partial charge in [-0.2, -0.15) is 13.2 Å². The second-order valence-electron chi connectivity index (χ2n) is 4.55. The Hall–Kier alpha value is -1.99. The Bertz CT molecular complexity index is 517. The van der Waals surface area contributed by atoms with Crippen molar-refractivity contribution in [1.29, 1.82) is 0 Å². The first-order valence-electron chi connectivity index (χ1n) is 5.97. The summed E-state index contributed by atoms with van der Waals surface area (Å²) < 4.78 is 39.2. The van der Waals surface area contributed by atoms with Crippen molar-refractivity contribution in [3.8, 4) is 0 Å². The number of halogens is 3. The van der Waals surface area contributed by atoms with E-state index in [1.54, 1.807) is 6.92 Å². The predicted molar refractivity (Wildman–Crippen MR) is 70.7 cm³/mol. The van der Waals surface area contributed by atoms with Crippen molar-refractivity contribution in [1.82, 2.24) is 0 Å². The molecule has 8 heteroatoms. The van der Waals surface area contributed by atoms with Gasteiger partial charge >= 0.3 is 6.18 Å². The van der Waals surface area contributed by atoms with Crippen LogP contribution in [0, 0.1) is 10.1 Å². The third-order valence-electron chi connectivity index (χ3n) is 3.28. The number of nitrogen functional groups attached to an aromatic ring is 1. The van der Waals surface area contributed by atoms with Gasteiger partial charge in [-0.1, -0.05) is 6.92 Å². The number of anilines is 2. The second-order valence-corrected chi connectivity index (χ2v) is 4.55. The Kier molecular flexibility index (Phi) is 4.46. The summed E-state index contributed by atoms with van der Waals surface area (Å²) in [7, 11) is 1.50. The quantitative estimate of drug-likeness (QED) is 0.524.